The minimum atomic E-state index is -1.00. The van der Waals surface area contributed by atoms with Crippen LogP contribution in [0.25, 0.3) is 11.1 Å². The molecule has 1 aliphatic heterocycles. The second-order valence-corrected chi connectivity index (χ2v) is 11.9. The standard InChI is InChI=1S/C34H42N2O3S/c1-4-10-27-16-17-28(21-25-12-6-5-7-13-25)36(27)23-26-15-18-30(31(22-26)29-14-9-8-11-24(29)2)33(37)35-32(34(38)39)19-20-40-3/h5-9,11-15,18,22,27-28,32H,4,10,16-17,19-21,23H2,1-3H3,(H,35,37)(H,38,39)/t27-,28-,32?/m0/s1. The molecule has 3 aromatic carbocycles. The van der Waals surface area contributed by atoms with Crippen LogP contribution in [0.1, 0.15) is 66.1 Å². The topological polar surface area (TPSA) is 69.6 Å². The second-order valence-electron chi connectivity index (χ2n) is 10.9. The minimum absolute atomic E-state index is 0.342. The lowest BCUT2D eigenvalue weighted by Gasteiger charge is -2.31. The molecule has 0 aliphatic carbocycles. The number of thioether (sulfide) groups is 1. The van der Waals surface area contributed by atoms with Crippen LogP contribution >= 0.6 is 11.8 Å². The Hall–Kier alpha value is -3.09. The number of carbonyl (C=O) groups is 2. The van der Waals surface area contributed by atoms with Crippen molar-refractivity contribution >= 4 is 23.6 Å². The normalized spacial score (nSPS) is 18.0. The smallest absolute Gasteiger partial charge is 0.326 e. The lowest BCUT2D eigenvalue weighted by atomic mass is 9.93. The maximum absolute atomic E-state index is 13.5. The average Bonchev–Trinajstić information content (AvgIpc) is 3.32. The van der Waals surface area contributed by atoms with Crippen LogP contribution in [0.15, 0.2) is 72.8 Å². The van der Waals surface area contributed by atoms with E-state index in [9.17, 15) is 14.7 Å². The molecule has 212 valence electrons. The van der Waals surface area contributed by atoms with Gasteiger partial charge in [0.05, 0.1) is 0 Å². The van der Waals surface area contributed by atoms with Crippen LogP contribution in [0.2, 0.25) is 0 Å². The van der Waals surface area contributed by atoms with Gasteiger partial charge in [-0.05, 0) is 91.0 Å². The predicted molar refractivity (Wildman–Crippen MR) is 166 cm³/mol. The van der Waals surface area contributed by atoms with Crippen LogP contribution in [-0.2, 0) is 17.8 Å². The Morgan fingerprint density at radius 1 is 0.975 bits per heavy atom. The van der Waals surface area contributed by atoms with Gasteiger partial charge in [-0.1, -0.05) is 74.0 Å². The molecule has 5 nitrogen and oxygen atoms in total. The highest BCUT2D eigenvalue weighted by Gasteiger charge is 2.33. The zero-order valence-corrected chi connectivity index (χ0v) is 24.8. The van der Waals surface area contributed by atoms with Crippen LogP contribution in [-0.4, -0.2) is 52.0 Å². The maximum Gasteiger partial charge on any atom is 0.326 e. The van der Waals surface area contributed by atoms with Gasteiger partial charge in [-0.25, -0.2) is 4.79 Å². The molecule has 3 aromatic rings. The van der Waals surface area contributed by atoms with Crippen LogP contribution in [0.4, 0.5) is 0 Å². The predicted octanol–water partition coefficient (Wildman–Crippen LogP) is 6.97. The van der Waals surface area contributed by atoms with Gasteiger partial charge in [0.1, 0.15) is 6.04 Å². The summed E-state index contributed by atoms with van der Waals surface area (Å²) >= 11 is 1.57. The fourth-order valence-electron chi connectivity index (χ4n) is 5.95. The number of carboxylic acid groups (broad SMARTS) is 1. The molecule has 40 heavy (non-hydrogen) atoms. The number of carboxylic acids is 1. The van der Waals surface area contributed by atoms with E-state index in [1.807, 2.05) is 30.5 Å². The fraction of sp³-hybridized carbons (Fsp3) is 0.412. The monoisotopic (exact) mass is 558 g/mol. The second kappa shape index (κ2) is 14.5. The molecule has 6 heteroatoms. The minimum Gasteiger partial charge on any atom is -0.480 e. The number of carbonyl (C=O) groups excluding carboxylic acids is 1. The molecule has 0 saturated carbocycles. The molecule has 4 rings (SSSR count). The Labute approximate surface area is 243 Å². The van der Waals surface area contributed by atoms with E-state index in [1.54, 1.807) is 11.8 Å². The Kier molecular flexibility index (Phi) is 10.8. The van der Waals surface area contributed by atoms with Crippen molar-refractivity contribution in [2.45, 2.75) is 77.0 Å². The first kappa shape index (κ1) is 29.9. The highest BCUT2D eigenvalue weighted by atomic mass is 32.2. The van der Waals surface area contributed by atoms with Crippen molar-refractivity contribution in [1.29, 1.82) is 0 Å². The number of hydrogen-bond acceptors (Lipinski definition) is 4. The molecule has 0 bridgehead atoms. The quantitative estimate of drug-likeness (QED) is 0.237. The number of hydrogen-bond donors (Lipinski definition) is 2. The largest absolute Gasteiger partial charge is 0.480 e. The van der Waals surface area contributed by atoms with Gasteiger partial charge < -0.3 is 10.4 Å². The Morgan fingerprint density at radius 3 is 2.40 bits per heavy atom. The van der Waals surface area contributed by atoms with E-state index >= 15 is 0 Å². The van der Waals surface area contributed by atoms with Gasteiger partial charge in [-0.3, -0.25) is 9.69 Å². The number of benzene rings is 3. The summed E-state index contributed by atoms with van der Waals surface area (Å²) in [6.45, 7) is 5.14. The van der Waals surface area contributed by atoms with E-state index in [1.165, 1.54) is 30.4 Å². The summed E-state index contributed by atoms with van der Waals surface area (Å²) < 4.78 is 0. The summed E-state index contributed by atoms with van der Waals surface area (Å²) in [5, 5.41) is 12.5. The van der Waals surface area contributed by atoms with Crippen LogP contribution in [0, 0.1) is 6.92 Å². The summed E-state index contributed by atoms with van der Waals surface area (Å²) in [5.74, 6) is -0.679. The van der Waals surface area contributed by atoms with Crippen molar-refractivity contribution in [3.8, 4) is 11.1 Å². The Bertz CT molecular complexity index is 1280. The molecule has 0 aromatic heterocycles. The van der Waals surface area contributed by atoms with E-state index in [0.29, 0.717) is 29.8 Å². The van der Waals surface area contributed by atoms with Crippen molar-refractivity contribution < 1.29 is 14.7 Å². The zero-order chi connectivity index (χ0) is 28.5. The lowest BCUT2D eigenvalue weighted by molar-refractivity contribution is -0.139. The van der Waals surface area contributed by atoms with Gasteiger partial charge in [-0.2, -0.15) is 11.8 Å². The number of nitrogens with one attached hydrogen (secondary N) is 1. The van der Waals surface area contributed by atoms with Crippen molar-refractivity contribution in [3.05, 3.63) is 95.1 Å². The number of amides is 1. The Balaban J connectivity index is 1.65. The molecule has 2 N–H and O–H groups in total. The number of rotatable bonds is 13. The first-order chi connectivity index (χ1) is 19.4. The van der Waals surface area contributed by atoms with E-state index in [0.717, 1.165) is 36.1 Å². The fourth-order valence-corrected chi connectivity index (χ4v) is 6.42. The molecule has 1 heterocycles. The summed E-state index contributed by atoms with van der Waals surface area (Å²) in [5.41, 5.74) is 5.99. The number of aryl methyl sites for hydroxylation is 1. The van der Waals surface area contributed by atoms with E-state index in [-0.39, 0.29) is 5.91 Å². The van der Waals surface area contributed by atoms with Gasteiger partial charge in [0.2, 0.25) is 0 Å². The molecule has 3 atom stereocenters. The van der Waals surface area contributed by atoms with Crippen LogP contribution in [0.5, 0.6) is 0 Å². The highest BCUT2D eigenvalue weighted by molar-refractivity contribution is 7.98. The van der Waals surface area contributed by atoms with Crippen LogP contribution in [0.3, 0.4) is 0 Å². The molecule has 1 amide bonds. The lowest BCUT2D eigenvalue weighted by Crippen LogP contribution is -2.41. The summed E-state index contributed by atoms with van der Waals surface area (Å²) in [4.78, 5) is 28.0. The van der Waals surface area contributed by atoms with Gasteiger partial charge >= 0.3 is 5.97 Å². The summed E-state index contributed by atoms with van der Waals surface area (Å²) in [6.07, 6.45) is 8.11. The molecule has 1 aliphatic rings. The Morgan fingerprint density at radius 2 is 1.70 bits per heavy atom. The molecule has 0 radical (unpaired) electrons. The third-order valence-electron chi connectivity index (χ3n) is 8.05. The number of likely N-dealkylation sites (tertiary alicyclic amines) is 1. The number of nitrogens with zero attached hydrogens (tertiary/aromatic N) is 1. The van der Waals surface area contributed by atoms with Crippen molar-refractivity contribution in [1.82, 2.24) is 10.2 Å². The van der Waals surface area contributed by atoms with E-state index in [2.05, 4.69) is 72.6 Å². The highest BCUT2D eigenvalue weighted by Crippen LogP contribution is 2.33. The van der Waals surface area contributed by atoms with Crippen LogP contribution < -0.4 is 5.32 Å². The first-order valence-corrected chi connectivity index (χ1v) is 15.8. The third kappa shape index (κ3) is 7.55. The maximum atomic E-state index is 13.5. The van der Waals surface area contributed by atoms with Gasteiger partial charge in [0.25, 0.3) is 5.91 Å². The van der Waals surface area contributed by atoms with Gasteiger partial charge in [0.15, 0.2) is 0 Å². The van der Waals surface area contributed by atoms with Crippen molar-refractivity contribution in [2.75, 3.05) is 12.0 Å². The van der Waals surface area contributed by atoms with Gasteiger partial charge in [-0.15, -0.1) is 0 Å². The zero-order valence-electron chi connectivity index (χ0n) is 23.9. The SMILES string of the molecule is CCC[C@H]1CC[C@@H](Cc2ccccc2)N1Cc1ccc(C(=O)NC(CCSC)C(=O)O)c(-c2ccccc2C)c1. The van der Waals surface area contributed by atoms with Crippen molar-refractivity contribution in [2.24, 2.45) is 0 Å². The molecular formula is C34H42N2O3S. The summed E-state index contributed by atoms with van der Waals surface area (Å²) in [7, 11) is 0. The molecule has 1 saturated heterocycles. The van der Waals surface area contributed by atoms with Crippen molar-refractivity contribution in [3.63, 3.8) is 0 Å². The molecule has 1 unspecified atom stereocenters. The number of aliphatic carboxylic acids is 1. The molecule has 1 fully saturated rings. The van der Waals surface area contributed by atoms with E-state index in [4.69, 9.17) is 0 Å². The molecule has 0 spiro atoms. The van der Waals surface area contributed by atoms with Gasteiger partial charge in [0, 0.05) is 24.2 Å². The molecular weight excluding hydrogens is 516 g/mol. The first-order valence-electron chi connectivity index (χ1n) is 14.4. The third-order valence-corrected chi connectivity index (χ3v) is 8.69. The average molecular weight is 559 g/mol. The van der Waals surface area contributed by atoms with E-state index < -0.39 is 12.0 Å². The summed E-state index contributed by atoms with van der Waals surface area (Å²) in [6, 6.07) is 25.0.